The molecule has 4 atom stereocenters. The second-order valence-corrected chi connectivity index (χ2v) is 10.5. The summed E-state index contributed by atoms with van der Waals surface area (Å²) in [5.74, 6) is -3.45. The van der Waals surface area contributed by atoms with Crippen LogP contribution in [0.15, 0.2) is 34.3 Å². The summed E-state index contributed by atoms with van der Waals surface area (Å²) in [6.45, 7) is 4.14. The van der Waals surface area contributed by atoms with Gasteiger partial charge in [0.15, 0.2) is 11.9 Å². The molecule has 43 heavy (non-hydrogen) atoms. The van der Waals surface area contributed by atoms with Gasteiger partial charge in [0.1, 0.15) is 23.9 Å². The van der Waals surface area contributed by atoms with Gasteiger partial charge in [0, 0.05) is 19.5 Å². The van der Waals surface area contributed by atoms with Gasteiger partial charge >= 0.3 is 5.97 Å². The second kappa shape index (κ2) is 18.8. The first-order chi connectivity index (χ1) is 20.2. The molecule has 0 saturated carbocycles. The van der Waals surface area contributed by atoms with Crippen molar-refractivity contribution in [3.8, 4) is 5.75 Å². The number of guanidine groups is 2. The van der Waals surface area contributed by atoms with Crippen molar-refractivity contribution in [2.24, 2.45) is 44.6 Å². The average molecular weight is 607 g/mol. The van der Waals surface area contributed by atoms with Crippen molar-refractivity contribution in [1.29, 1.82) is 0 Å². The fraction of sp³-hybridized carbons (Fsp3) is 0.556. The highest BCUT2D eigenvalue weighted by Crippen LogP contribution is 2.13. The summed E-state index contributed by atoms with van der Waals surface area (Å²) in [4.78, 5) is 59.1. The molecule has 0 spiro atoms. The molecule has 0 aliphatic rings. The fourth-order valence-electron chi connectivity index (χ4n) is 4.01. The SMILES string of the molecule is CC(C)CC(NC(=O)C(Cc1ccc(O)cc1)NC(=O)C(N)CCCN=C(N)N)C(=O)NC(CCCN=C(N)N)C(=O)O. The lowest BCUT2D eigenvalue weighted by atomic mass is 10.00. The highest BCUT2D eigenvalue weighted by molar-refractivity contribution is 5.94. The maximum atomic E-state index is 13.5. The number of aliphatic imine (C=N–C) groups is 2. The third-order valence-electron chi connectivity index (χ3n) is 6.21. The molecule has 0 heterocycles. The standard InChI is InChI=1S/C27H46N10O6/c1-15(2)13-20(23(40)35-19(25(42)43)6-4-12-34-27(31)32)37-24(41)21(14-16-7-9-17(38)10-8-16)36-22(39)18(28)5-3-11-33-26(29)30/h7-10,15,18-21,38H,3-6,11-14,28H2,1-2H3,(H,35,40)(H,36,39)(H,37,41)(H,42,43)(H4,29,30,33)(H4,31,32,34). The van der Waals surface area contributed by atoms with Crippen LogP contribution in [-0.4, -0.2) is 83.1 Å². The summed E-state index contributed by atoms with van der Waals surface area (Å²) in [5.41, 5.74) is 27.8. The average Bonchev–Trinajstić information content (AvgIpc) is 2.92. The molecule has 4 unspecified atom stereocenters. The first kappa shape index (κ1) is 36.4. The van der Waals surface area contributed by atoms with Crippen molar-refractivity contribution in [3.05, 3.63) is 29.8 Å². The van der Waals surface area contributed by atoms with Gasteiger partial charge in [-0.05, 0) is 55.7 Å². The Balaban J connectivity index is 3.07. The van der Waals surface area contributed by atoms with Crippen molar-refractivity contribution in [2.45, 2.75) is 76.5 Å². The molecule has 0 saturated heterocycles. The highest BCUT2D eigenvalue weighted by Gasteiger charge is 2.31. The number of benzene rings is 1. The van der Waals surface area contributed by atoms with E-state index in [9.17, 15) is 29.4 Å². The number of aliphatic carboxylic acids is 1. The van der Waals surface area contributed by atoms with Gasteiger partial charge < -0.3 is 54.8 Å². The van der Waals surface area contributed by atoms with E-state index < -0.39 is 47.9 Å². The van der Waals surface area contributed by atoms with E-state index in [1.54, 1.807) is 12.1 Å². The number of amides is 3. The first-order valence-corrected chi connectivity index (χ1v) is 14.0. The largest absolute Gasteiger partial charge is 0.508 e. The molecule has 240 valence electrons. The normalized spacial score (nSPS) is 13.6. The maximum Gasteiger partial charge on any atom is 0.326 e. The van der Waals surface area contributed by atoms with Crippen LogP contribution in [0.5, 0.6) is 5.75 Å². The summed E-state index contributed by atoms with van der Waals surface area (Å²) in [6.07, 6.45) is 1.24. The van der Waals surface area contributed by atoms with E-state index in [2.05, 4.69) is 25.9 Å². The van der Waals surface area contributed by atoms with Crippen LogP contribution in [0, 0.1) is 5.92 Å². The van der Waals surface area contributed by atoms with E-state index in [0.717, 1.165) is 0 Å². The van der Waals surface area contributed by atoms with Crippen LogP contribution in [0.4, 0.5) is 0 Å². The number of nitrogens with one attached hydrogen (secondary N) is 3. The quantitative estimate of drug-likeness (QED) is 0.0464. The van der Waals surface area contributed by atoms with E-state index in [-0.39, 0.29) is 62.4 Å². The zero-order valence-corrected chi connectivity index (χ0v) is 24.7. The van der Waals surface area contributed by atoms with E-state index in [1.165, 1.54) is 12.1 Å². The zero-order chi connectivity index (χ0) is 32.5. The Kier molecular flexibility index (Phi) is 15.9. The van der Waals surface area contributed by atoms with Crippen LogP contribution < -0.4 is 44.6 Å². The van der Waals surface area contributed by atoms with Gasteiger partial charge in [-0.25, -0.2) is 4.79 Å². The number of nitrogens with zero attached hydrogens (tertiary/aromatic N) is 2. The molecule has 0 fully saturated rings. The van der Waals surface area contributed by atoms with Crippen LogP contribution in [0.1, 0.15) is 51.5 Å². The minimum atomic E-state index is -1.25. The van der Waals surface area contributed by atoms with Gasteiger partial charge in [-0.3, -0.25) is 24.4 Å². The van der Waals surface area contributed by atoms with Crippen molar-refractivity contribution in [2.75, 3.05) is 13.1 Å². The third-order valence-corrected chi connectivity index (χ3v) is 6.21. The van der Waals surface area contributed by atoms with Crippen molar-refractivity contribution >= 4 is 35.6 Å². The summed E-state index contributed by atoms with van der Waals surface area (Å²) in [7, 11) is 0. The molecule has 0 bridgehead atoms. The van der Waals surface area contributed by atoms with Gasteiger partial charge in [0.25, 0.3) is 0 Å². The molecule has 15 N–H and O–H groups in total. The lowest BCUT2D eigenvalue weighted by Crippen LogP contribution is -2.57. The summed E-state index contributed by atoms with van der Waals surface area (Å²) in [5, 5.41) is 27.0. The van der Waals surface area contributed by atoms with Crippen LogP contribution in [-0.2, 0) is 25.6 Å². The Hall–Kier alpha value is -4.60. The highest BCUT2D eigenvalue weighted by atomic mass is 16.4. The van der Waals surface area contributed by atoms with E-state index in [0.29, 0.717) is 18.4 Å². The van der Waals surface area contributed by atoms with Gasteiger partial charge in [-0.1, -0.05) is 26.0 Å². The molecule has 3 amide bonds. The lowest BCUT2D eigenvalue weighted by molar-refractivity contribution is -0.142. The van der Waals surface area contributed by atoms with Gasteiger partial charge in [0.05, 0.1) is 6.04 Å². The monoisotopic (exact) mass is 606 g/mol. The zero-order valence-electron chi connectivity index (χ0n) is 24.7. The van der Waals surface area contributed by atoms with Crippen molar-refractivity contribution in [1.82, 2.24) is 16.0 Å². The fourth-order valence-corrected chi connectivity index (χ4v) is 4.01. The van der Waals surface area contributed by atoms with Crippen LogP contribution >= 0.6 is 0 Å². The lowest BCUT2D eigenvalue weighted by Gasteiger charge is -2.26. The Labute approximate surface area is 250 Å². The number of phenols is 1. The molecule has 0 radical (unpaired) electrons. The Morgan fingerprint density at radius 1 is 0.767 bits per heavy atom. The summed E-state index contributed by atoms with van der Waals surface area (Å²) in [6, 6.07) is 1.62. The predicted octanol–water partition coefficient (Wildman–Crippen LogP) is -2.05. The number of rotatable bonds is 19. The Bertz CT molecular complexity index is 1120. The number of phenolic OH excluding ortho intramolecular Hbond substituents is 1. The van der Waals surface area contributed by atoms with Crippen LogP contribution in [0.2, 0.25) is 0 Å². The number of hydrogen-bond acceptors (Lipinski definition) is 8. The third kappa shape index (κ3) is 15.3. The van der Waals surface area contributed by atoms with E-state index >= 15 is 0 Å². The number of carbonyl (C=O) groups excluding carboxylic acids is 3. The number of carboxylic acids is 1. The first-order valence-electron chi connectivity index (χ1n) is 14.0. The summed E-state index contributed by atoms with van der Waals surface area (Å²) < 4.78 is 0. The number of carboxylic acid groups (broad SMARTS) is 1. The Morgan fingerprint density at radius 2 is 1.26 bits per heavy atom. The molecular formula is C27H46N10O6. The number of nitrogens with two attached hydrogens (primary N) is 5. The molecule has 0 aliphatic heterocycles. The van der Waals surface area contributed by atoms with Gasteiger partial charge in [0.2, 0.25) is 17.7 Å². The van der Waals surface area contributed by atoms with Gasteiger partial charge in [-0.2, -0.15) is 0 Å². The summed E-state index contributed by atoms with van der Waals surface area (Å²) >= 11 is 0. The minimum Gasteiger partial charge on any atom is -0.508 e. The van der Waals surface area contributed by atoms with Crippen molar-refractivity contribution < 1.29 is 29.4 Å². The molecule has 16 nitrogen and oxygen atoms in total. The topological polar surface area (TPSA) is 300 Å². The molecular weight excluding hydrogens is 560 g/mol. The van der Waals surface area contributed by atoms with E-state index in [1.807, 2.05) is 13.8 Å². The molecule has 1 aromatic rings. The molecule has 1 rings (SSSR count). The number of carbonyl (C=O) groups is 4. The minimum absolute atomic E-state index is 0.0246. The number of aromatic hydroxyl groups is 1. The molecule has 0 aliphatic carbocycles. The predicted molar refractivity (Wildman–Crippen MR) is 162 cm³/mol. The maximum absolute atomic E-state index is 13.5. The Morgan fingerprint density at radius 3 is 1.77 bits per heavy atom. The van der Waals surface area contributed by atoms with Crippen LogP contribution in [0.3, 0.4) is 0 Å². The number of hydrogen-bond donors (Lipinski definition) is 10. The smallest absolute Gasteiger partial charge is 0.326 e. The molecule has 1 aromatic carbocycles. The molecule has 16 heteroatoms. The van der Waals surface area contributed by atoms with Crippen molar-refractivity contribution in [3.63, 3.8) is 0 Å². The van der Waals surface area contributed by atoms with Gasteiger partial charge in [-0.15, -0.1) is 0 Å². The second-order valence-electron chi connectivity index (χ2n) is 10.5. The molecule has 0 aromatic heterocycles. The van der Waals surface area contributed by atoms with Crippen LogP contribution in [0.25, 0.3) is 0 Å². The van der Waals surface area contributed by atoms with E-state index in [4.69, 9.17) is 28.7 Å².